The van der Waals surface area contributed by atoms with Gasteiger partial charge in [0.05, 0.1) is 61.7 Å². The summed E-state index contributed by atoms with van der Waals surface area (Å²) < 4.78 is 18.4. The van der Waals surface area contributed by atoms with Crippen LogP contribution in [-0.2, 0) is 14.2 Å². The van der Waals surface area contributed by atoms with Crippen molar-refractivity contribution >= 4 is 33.6 Å². The summed E-state index contributed by atoms with van der Waals surface area (Å²) in [5, 5.41) is 1.03. The molecular formula is C25H24N4O4. The minimum Gasteiger partial charge on any atom is -0.465 e. The number of ether oxygens (including phenoxy) is 3. The highest BCUT2D eigenvalue weighted by Crippen LogP contribution is 2.36. The Balaban J connectivity index is 1.66. The smallest absolute Gasteiger partial charge is 0.340 e. The van der Waals surface area contributed by atoms with Crippen molar-refractivity contribution in [3.8, 4) is 5.69 Å². The number of para-hydroxylation sites is 1. The number of carbonyl (C=O) groups is 1. The van der Waals surface area contributed by atoms with Crippen molar-refractivity contribution in [3.05, 3.63) is 60.0 Å². The third-order valence-electron chi connectivity index (χ3n) is 6.42. The average molecular weight is 444 g/mol. The van der Waals surface area contributed by atoms with Crippen LogP contribution in [0.15, 0.2) is 48.7 Å². The van der Waals surface area contributed by atoms with E-state index in [1.807, 2.05) is 36.5 Å². The normalized spacial score (nSPS) is 16.8. The summed E-state index contributed by atoms with van der Waals surface area (Å²) in [6.45, 7) is 4.06. The van der Waals surface area contributed by atoms with Crippen LogP contribution in [0.2, 0.25) is 0 Å². The van der Waals surface area contributed by atoms with Gasteiger partial charge >= 0.3 is 5.97 Å². The van der Waals surface area contributed by atoms with Crippen LogP contribution in [0.4, 0.5) is 5.69 Å². The molecule has 2 saturated heterocycles. The Morgan fingerprint density at radius 3 is 2.67 bits per heavy atom. The second-order valence-electron chi connectivity index (χ2n) is 8.34. The second-order valence-corrected chi connectivity index (χ2v) is 8.34. The first-order valence-electron chi connectivity index (χ1n) is 11.1. The molecule has 2 aromatic carbocycles. The molecule has 0 spiro atoms. The van der Waals surface area contributed by atoms with Crippen LogP contribution < -0.4 is 4.90 Å². The summed E-state index contributed by atoms with van der Waals surface area (Å²) in [6.07, 6.45) is 1.82. The SMILES string of the molecule is COC(=O)c1cc(N2CCOCC2)cc2c1nc(C1COC1)n2-c1ccnc2ccccc12. The van der Waals surface area contributed by atoms with Gasteiger partial charge < -0.3 is 19.1 Å². The Hall–Kier alpha value is -3.49. The molecule has 0 amide bonds. The van der Waals surface area contributed by atoms with Crippen molar-refractivity contribution in [3.63, 3.8) is 0 Å². The standard InChI is InChI=1S/C25H24N4O4/c1-31-25(30)19-12-17(28-8-10-32-11-9-28)13-22-23(19)27-24(16-14-33-15-16)29(22)21-6-7-26-20-5-3-2-4-18(20)21/h2-7,12-13,16H,8-11,14-15H2,1H3. The van der Waals surface area contributed by atoms with E-state index in [9.17, 15) is 4.79 Å². The quantitative estimate of drug-likeness (QED) is 0.447. The van der Waals surface area contributed by atoms with Gasteiger partial charge in [0, 0.05) is 30.4 Å². The van der Waals surface area contributed by atoms with E-state index in [2.05, 4.69) is 26.6 Å². The lowest BCUT2D eigenvalue weighted by Crippen LogP contribution is -2.36. The van der Waals surface area contributed by atoms with Gasteiger partial charge in [-0.3, -0.25) is 9.55 Å². The number of morpholine rings is 1. The van der Waals surface area contributed by atoms with Crippen LogP contribution in [0.25, 0.3) is 27.6 Å². The van der Waals surface area contributed by atoms with Crippen molar-refractivity contribution in [2.24, 2.45) is 0 Å². The molecule has 33 heavy (non-hydrogen) atoms. The van der Waals surface area contributed by atoms with E-state index >= 15 is 0 Å². The zero-order valence-corrected chi connectivity index (χ0v) is 18.4. The van der Waals surface area contributed by atoms with E-state index in [0.717, 1.165) is 46.7 Å². The summed E-state index contributed by atoms with van der Waals surface area (Å²) in [5.41, 5.74) is 4.83. The van der Waals surface area contributed by atoms with Gasteiger partial charge in [-0.15, -0.1) is 0 Å². The first kappa shape index (κ1) is 20.1. The van der Waals surface area contributed by atoms with Gasteiger partial charge in [-0.2, -0.15) is 0 Å². The fraction of sp³-hybridized carbons (Fsp3) is 0.320. The Labute approximate surface area is 190 Å². The molecule has 0 saturated carbocycles. The number of rotatable bonds is 4. The van der Waals surface area contributed by atoms with E-state index in [1.54, 1.807) is 0 Å². The third-order valence-corrected chi connectivity index (χ3v) is 6.42. The Morgan fingerprint density at radius 1 is 1.09 bits per heavy atom. The molecule has 0 bridgehead atoms. The summed E-state index contributed by atoms with van der Waals surface area (Å²) >= 11 is 0. The van der Waals surface area contributed by atoms with E-state index in [4.69, 9.17) is 19.2 Å². The molecule has 4 heterocycles. The molecule has 2 aromatic heterocycles. The maximum absolute atomic E-state index is 12.8. The molecule has 8 heteroatoms. The second kappa shape index (κ2) is 8.13. The number of aromatic nitrogens is 3. The molecule has 0 unspecified atom stereocenters. The molecule has 2 aliphatic rings. The molecule has 2 aliphatic heterocycles. The Kier molecular flexibility index (Phi) is 4.96. The number of imidazole rings is 1. The molecule has 168 valence electrons. The summed E-state index contributed by atoms with van der Waals surface area (Å²) in [6, 6.07) is 14.1. The van der Waals surface area contributed by atoms with Gasteiger partial charge in [0.15, 0.2) is 0 Å². The number of benzene rings is 2. The van der Waals surface area contributed by atoms with Gasteiger partial charge in [0.25, 0.3) is 0 Å². The molecule has 4 aromatic rings. The fourth-order valence-electron chi connectivity index (χ4n) is 4.64. The van der Waals surface area contributed by atoms with E-state index < -0.39 is 5.97 Å². The number of nitrogens with zero attached hydrogens (tertiary/aromatic N) is 4. The van der Waals surface area contributed by atoms with Crippen LogP contribution in [-0.4, -0.2) is 67.1 Å². The summed E-state index contributed by atoms with van der Waals surface area (Å²) in [5.74, 6) is 0.648. The van der Waals surface area contributed by atoms with Gasteiger partial charge in [-0.05, 0) is 24.3 Å². The van der Waals surface area contributed by atoms with Crippen molar-refractivity contribution in [1.82, 2.24) is 14.5 Å². The van der Waals surface area contributed by atoms with Crippen molar-refractivity contribution in [2.45, 2.75) is 5.92 Å². The highest BCUT2D eigenvalue weighted by Gasteiger charge is 2.30. The molecule has 0 N–H and O–H groups in total. The fourth-order valence-corrected chi connectivity index (χ4v) is 4.64. The van der Waals surface area contributed by atoms with Crippen LogP contribution in [0.3, 0.4) is 0 Å². The number of carbonyl (C=O) groups excluding carboxylic acids is 1. The maximum atomic E-state index is 12.8. The first-order chi connectivity index (χ1) is 16.2. The van der Waals surface area contributed by atoms with E-state index in [0.29, 0.717) is 37.5 Å². The maximum Gasteiger partial charge on any atom is 0.340 e. The average Bonchev–Trinajstić information content (AvgIpc) is 3.20. The lowest BCUT2D eigenvalue weighted by atomic mass is 10.1. The van der Waals surface area contributed by atoms with E-state index in [1.165, 1.54) is 7.11 Å². The highest BCUT2D eigenvalue weighted by atomic mass is 16.5. The minimum absolute atomic E-state index is 0.154. The number of pyridine rings is 1. The van der Waals surface area contributed by atoms with Crippen molar-refractivity contribution < 1.29 is 19.0 Å². The molecule has 0 atom stereocenters. The summed E-state index contributed by atoms with van der Waals surface area (Å²) in [7, 11) is 1.41. The van der Waals surface area contributed by atoms with Gasteiger partial charge in [-0.25, -0.2) is 9.78 Å². The van der Waals surface area contributed by atoms with Crippen molar-refractivity contribution in [2.75, 3.05) is 51.5 Å². The van der Waals surface area contributed by atoms with Gasteiger partial charge in [0.2, 0.25) is 0 Å². The number of fused-ring (bicyclic) bond motifs is 2. The largest absolute Gasteiger partial charge is 0.465 e. The number of esters is 1. The van der Waals surface area contributed by atoms with Crippen molar-refractivity contribution in [1.29, 1.82) is 0 Å². The first-order valence-corrected chi connectivity index (χ1v) is 11.1. The monoisotopic (exact) mass is 444 g/mol. The highest BCUT2D eigenvalue weighted by molar-refractivity contribution is 6.05. The van der Waals surface area contributed by atoms with E-state index in [-0.39, 0.29) is 5.92 Å². The van der Waals surface area contributed by atoms with Crippen LogP contribution in [0.5, 0.6) is 0 Å². The van der Waals surface area contributed by atoms with Gasteiger partial charge in [-0.1, -0.05) is 18.2 Å². The molecule has 2 fully saturated rings. The zero-order valence-electron chi connectivity index (χ0n) is 18.4. The zero-order chi connectivity index (χ0) is 22.4. The minimum atomic E-state index is -0.393. The molecule has 0 aliphatic carbocycles. The van der Waals surface area contributed by atoms with Gasteiger partial charge in [0.1, 0.15) is 11.3 Å². The number of methoxy groups -OCH3 is 1. The Morgan fingerprint density at radius 2 is 1.91 bits per heavy atom. The molecular weight excluding hydrogens is 420 g/mol. The molecule has 8 nitrogen and oxygen atoms in total. The lowest BCUT2D eigenvalue weighted by molar-refractivity contribution is 0.00449. The molecule has 0 radical (unpaired) electrons. The number of hydrogen-bond donors (Lipinski definition) is 0. The Bertz CT molecular complexity index is 1350. The third kappa shape index (κ3) is 3.34. The lowest BCUT2D eigenvalue weighted by Gasteiger charge is -2.29. The number of hydrogen-bond acceptors (Lipinski definition) is 7. The predicted molar refractivity (Wildman–Crippen MR) is 124 cm³/mol. The summed E-state index contributed by atoms with van der Waals surface area (Å²) in [4.78, 5) is 24.6. The number of anilines is 1. The predicted octanol–water partition coefficient (Wildman–Crippen LogP) is 3.31. The van der Waals surface area contributed by atoms with Crippen LogP contribution >= 0.6 is 0 Å². The topological polar surface area (TPSA) is 78.7 Å². The molecule has 6 rings (SSSR count). The van der Waals surface area contributed by atoms with Crippen LogP contribution in [0, 0.1) is 0 Å². The van der Waals surface area contributed by atoms with Crippen LogP contribution in [0.1, 0.15) is 22.1 Å².